The summed E-state index contributed by atoms with van der Waals surface area (Å²) in [6.45, 7) is 1.90. The maximum atomic E-state index is 13.5. The number of hydrogen-bond acceptors (Lipinski definition) is 2. The quantitative estimate of drug-likeness (QED) is 0.573. The summed E-state index contributed by atoms with van der Waals surface area (Å²) in [6, 6.07) is 15.0. The van der Waals surface area contributed by atoms with Crippen LogP contribution in [0.4, 0.5) is 20.2 Å². The van der Waals surface area contributed by atoms with Crippen LogP contribution in [0.1, 0.15) is 26.3 Å². The van der Waals surface area contributed by atoms with E-state index in [1.54, 1.807) is 24.3 Å². The van der Waals surface area contributed by atoms with E-state index in [-0.39, 0.29) is 21.8 Å². The molecule has 0 saturated heterocycles. The molecule has 0 aliphatic rings. The fourth-order valence-corrected chi connectivity index (χ4v) is 2.83. The van der Waals surface area contributed by atoms with Crippen molar-refractivity contribution in [2.75, 3.05) is 10.6 Å². The molecule has 0 heterocycles. The summed E-state index contributed by atoms with van der Waals surface area (Å²) in [7, 11) is 0. The monoisotopic (exact) mass is 400 g/mol. The van der Waals surface area contributed by atoms with Crippen LogP contribution in [0.3, 0.4) is 0 Å². The van der Waals surface area contributed by atoms with E-state index in [1.807, 2.05) is 19.1 Å². The lowest BCUT2D eigenvalue weighted by Gasteiger charge is -2.12. The molecule has 0 radical (unpaired) electrons. The number of amides is 2. The lowest BCUT2D eigenvalue weighted by molar-refractivity contribution is 0.102. The van der Waals surface area contributed by atoms with E-state index in [0.29, 0.717) is 11.8 Å². The molecule has 2 amide bonds. The molecule has 3 rings (SSSR count). The molecular weight excluding hydrogens is 386 g/mol. The zero-order valence-corrected chi connectivity index (χ0v) is 15.5. The summed E-state index contributed by atoms with van der Waals surface area (Å²) in [5.41, 5.74) is 1.76. The number of hydrogen-bond donors (Lipinski definition) is 2. The van der Waals surface area contributed by atoms with Crippen LogP contribution in [-0.2, 0) is 0 Å². The average Bonchev–Trinajstić information content (AvgIpc) is 2.65. The number of anilines is 2. The Morgan fingerprint density at radius 2 is 1.50 bits per heavy atom. The second kappa shape index (κ2) is 8.19. The normalized spacial score (nSPS) is 10.4. The molecule has 0 aliphatic heterocycles. The SMILES string of the molecule is Cc1cccc(NC(=O)c2ccccc2NC(=O)c2cc(F)c(F)cc2Cl)c1. The summed E-state index contributed by atoms with van der Waals surface area (Å²) in [4.78, 5) is 25.1. The lowest BCUT2D eigenvalue weighted by atomic mass is 10.1. The van der Waals surface area contributed by atoms with Gasteiger partial charge in [0.25, 0.3) is 11.8 Å². The van der Waals surface area contributed by atoms with E-state index in [9.17, 15) is 18.4 Å². The molecule has 0 atom stereocenters. The van der Waals surface area contributed by atoms with Gasteiger partial charge in [-0.3, -0.25) is 9.59 Å². The minimum absolute atomic E-state index is 0.205. The molecule has 0 spiro atoms. The fraction of sp³-hybridized carbons (Fsp3) is 0.0476. The van der Waals surface area contributed by atoms with E-state index in [1.165, 1.54) is 12.1 Å². The van der Waals surface area contributed by atoms with Crippen molar-refractivity contribution in [1.82, 2.24) is 0 Å². The minimum Gasteiger partial charge on any atom is -0.322 e. The molecule has 0 fully saturated rings. The van der Waals surface area contributed by atoms with E-state index in [2.05, 4.69) is 10.6 Å². The highest BCUT2D eigenvalue weighted by Gasteiger charge is 2.18. The predicted octanol–water partition coefficient (Wildman–Crippen LogP) is 5.43. The maximum Gasteiger partial charge on any atom is 0.257 e. The van der Waals surface area contributed by atoms with Crippen molar-refractivity contribution in [2.24, 2.45) is 0 Å². The number of carbonyl (C=O) groups excluding carboxylic acids is 2. The molecule has 7 heteroatoms. The van der Waals surface area contributed by atoms with Gasteiger partial charge in [-0.15, -0.1) is 0 Å². The van der Waals surface area contributed by atoms with E-state index < -0.39 is 23.4 Å². The zero-order valence-electron chi connectivity index (χ0n) is 14.7. The lowest BCUT2D eigenvalue weighted by Crippen LogP contribution is -2.18. The first-order chi connectivity index (χ1) is 13.3. The Morgan fingerprint density at radius 3 is 2.25 bits per heavy atom. The second-order valence-corrected chi connectivity index (χ2v) is 6.48. The van der Waals surface area contributed by atoms with Gasteiger partial charge in [0, 0.05) is 5.69 Å². The summed E-state index contributed by atoms with van der Waals surface area (Å²) in [6.07, 6.45) is 0. The van der Waals surface area contributed by atoms with Crippen LogP contribution in [0, 0.1) is 18.6 Å². The van der Waals surface area contributed by atoms with Gasteiger partial charge in [-0.1, -0.05) is 35.9 Å². The summed E-state index contributed by atoms with van der Waals surface area (Å²) >= 11 is 5.84. The Bertz CT molecular complexity index is 1070. The van der Waals surface area contributed by atoms with Gasteiger partial charge in [0.05, 0.1) is 21.8 Å². The van der Waals surface area contributed by atoms with Crippen molar-refractivity contribution < 1.29 is 18.4 Å². The summed E-state index contributed by atoms with van der Waals surface area (Å²) in [5, 5.41) is 5.04. The van der Waals surface area contributed by atoms with Gasteiger partial charge in [-0.05, 0) is 48.9 Å². The second-order valence-electron chi connectivity index (χ2n) is 6.07. The Morgan fingerprint density at radius 1 is 0.821 bits per heavy atom. The molecule has 0 aromatic heterocycles. The Kier molecular flexibility index (Phi) is 5.70. The Hall–Kier alpha value is -3.25. The molecule has 0 aliphatic carbocycles. The van der Waals surface area contributed by atoms with E-state index in [0.717, 1.165) is 11.6 Å². The number of halogens is 3. The maximum absolute atomic E-state index is 13.5. The highest BCUT2D eigenvalue weighted by atomic mass is 35.5. The Labute approximate surface area is 165 Å². The van der Waals surface area contributed by atoms with E-state index in [4.69, 9.17) is 11.6 Å². The number of rotatable bonds is 4. The highest BCUT2D eigenvalue weighted by molar-refractivity contribution is 6.34. The largest absolute Gasteiger partial charge is 0.322 e. The molecule has 0 bridgehead atoms. The molecule has 3 aromatic rings. The minimum atomic E-state index is -1.19. The van der Waals surface area contributed by atoms with Crippen molar-refractivity contribution >= 4 is 34.8 Å². The van der Waals surface area contributed by atoms with Gasteiger partial charge in [0.1, 0.15) is 0 Å². The van der Waals surface area contributed by atoms with Gasteiger partial charge in [0.15, 0.2) is 11.6 Å². The van der Waals surface area contributed by atoms with Crippen LogP contribution in [0.25, 0.3) is 0 Å². The van der Waals surface area contributed by atoms with Crippen molar-refractivity contribution in [3.05, 3.63) is 94.0 Å². The van der Waals surface area contributed by atoms with E-state index >= 15 is 0 Å². The third-order valence-electron chi connectivity index (χ3n) is 3.95. The van der Waals surface area contributed by atoms with Crippen LogP contribution in [0.5, 0.6) is 0 Å². The number of para-hydroxylation sites is 1. The number of benzene rings is 3. The highest BCUT2D eigenvalue weighted by Crippen LogP contribution is 2.23. The smallest absolute Gasteiger partial charge is 0.257 e. The van der Waals surface area contributed by atoms with Gasteiger partial charge in [0.2, 0.25) is 0 Å². The average molecular weight is 401 g/mol. The zero-order chi connectivity index (χ0) is 20.3. The number of carbonyl (C=O) groups is 2. The van der Waals surface area contributed by atoms with Gasteiger partial charge in [-0.25, -0.2) is 8.78 Å². The molecule has 2 N–H and O–H groups in total. The van der Waals surface area contributed by atoms with Crippen LogP contribution < -0.4 is 10.6 Å². The van der Waals surface area contributed by atoms with Crippen LogP contribution in [-0.4, -0.2) is 11.8 Å². The van der Waals surface area contributed by atoms with Crippen LogP contribution in [0.2, 0.25) is 5.02 Å². The number of nitrogens with one attached hydrogen (secondary N) is 2. The first-order valence-electron chi connectivity index (χ1n) is 8.28. The van der Waals surface area contributed by atoms with Crippen LogP contribution in [0.15, 0.2) is 60.7 Å². The van der Waals surface area contributed by atoms with Gasteiger partial charge >= 0.3 is 0 Å². The first-order valence-corrected chi connectivity index (χ1v) is 8.66. The first kappa shape index (κ1) is 19.5. The molecule has 28 heavy (non-hydrogen) atoms. The van der Waals surface area contributed by atoms with Crippen LogP contribution >= 0.6 is 11.6 Å². The topological polar surface area (TPSA) is 58.2 Å². The summed E-state index contributed by atoms with van der Waals surface area (Å²) < 4.78 is 26.7. The predicted molar refractivity (Wildman–Crippen MR) is 105 cm³/mol. The van der Waals surface area contributed by atoms with Crippen molar-refractivity contribution in [3.8, 4) is 0 Å². The third-order valence-corrected chi connectivity index (χ3v) is 4.26. The molecule has 4 nitrogen and oxygen atoms in total. The standard InChI is InChI=1S/C21H15ClF2N2O2/c1-12-5-4-6-13(9-12)25-20(27)14-7-2-3-8-19(14)26-21(28)15-10-17(23)18(24)11-16(15)22/h2-11H,1H3,(H,25,27)(H,26,28). The van der Waals surface area contributed by atoms with Gasteiger partial charge < -0.3 is 10.6 Å². The third kappa shape index (κ3) is 4.35. The van der Waals surface area contributed by atoms with Crippen molar-refractivity contribution in [3.63, 3.8) is 0 Å². The molecule has 0 saturated carbocycles. The number of aryl methyl sites for hydroxylation is 1. The van der Waals surface area contributed by atoms with Crippen molar-refractivity contribution in [1.29, 1.82) is 0 Å². The molecule has 142 valence electrons. The molecule has 3 aromatic carbocycles. The van der Waals surface area contributed by atoms with Gasteiger partial charge in [-0.2, -0.15) is 0 Å². The Balaban J connectivity index is 1.85. The molecular formula is C21H15ClF2N2O2. The fourth-order valence-electron chi connectivity index (χ4n) is 2.60. The summed E-state index contributed by atoms with van der Waals surface area (Å²) in [5.74, 6) is -3.54. The van der Waals surface area contributed by atoms with Crippen molar-refractivity contribution in [2.45, 2.75) is 6.92 Å². The molecule has 0 unspecified atom stereocenters.